The first-order chi connectivity index (χ1) is 9.88. The molecule has 6 nitrogen and oxygen atoms in total. The smallest absolute Gasteiger partial charge is 0.323 e. The number of primary amides is 1. The molecule has 0 unspecified atom stereocenters. The van der Waals surface area contributed by atoms with Gasteiger partial charge in [0, 0.05) is 5.75 Å². The Morgan fingerprint density at radius 2 is 1.81 bits per heavy atom. The van der Waals surface area contributed by atoms with Gasteiger partial charge in [-0.15, -0.1) is 11.8 Å². The molecular formula is C14H18N2O4S. The third-order valence-electron chi connectivity index (χ3n) is 2.64. The zero-order chi connectivity index (χ0) is 15.8. The van der Waals surface area contributed by atoms with Crippen LogP contribution >= 0.6 is 11.8 Å². The first-order valence-corrected chi connectivity index (χ1v) is 7.45. The fourth-order valence-electron chi connectivity index (χ4n) is 1.62. The van der Waals surface area contributed by atoms with E-state index in [4.69, 9.17) is 10.8 Å². The summed E-state index contributed by atoms with van der Waals surface area (Å²) in [5.74, 6) is -1.56. The van der Waals surface area contributed by atoms with Crippen molar-refractivity contribution in [1.29, 1.82) is 0 Å². The van der Waals surface area contributed by atoms with Gasteiger partial charge in [0.05, 0.1) is 12.3 Å². The van der Waals surface area contributed by atoms with Crippen LogP contribution in [0.5, 0.6) is 0 Å². The number of hydrogen-bond donors (Lipinski definition) is 2. The molecule has 0 heterocycles. The van der Waals surface area contributed by atoms with Crippen molar-refractivity contribution in [2.45, 2.75) is 12.7 Å². The number of rotatable bonds is 8. The number of aryl methyl sites for hydroxylation is 1. The van der Waals surface area contributed by atoms with Gasteiger partial charge < -0.3 is 15.7 Å². The summed E-state index contributed by atoms with van der Waals surface area (Å²) < 4.78 is 0. The SMILES string of the molecule is Cc1ccc(CSCC(=O)N(CC(N)=O)CC(=O)O)cc1. The first kappa shape index (κ1) is 17.0. The predicted molar refractivity (Wildman–Crippen MR) is 80.8 cm³/mol. The van der Waals surface area contributed by atoms with Crippen LogP contribution < -0.4 is 5.73 Å². The van der Waals surface area contributed by atoms with Crippen LogP contribution in [0.15, 0.2) is 24.3 Å². The standard InChI is InChI=1S/C14H18N2O4S/c1-10-2-4-11(5-3-10)8-21-9-13(18)16(6-12(15)17)7-14(19)20/h2-5H,6-9H2,1H3,(H2,15,17)(H,19,20). The number of carboxylic acids is 1. The molecule has 0 aliphatic carbocycles. The molecule has 7 heteroatoms. The summed E-state index contributed by atoms with van der Waals surface area (Å²) in [4.78, 5) is 34.4. The van der Waals surface area contributed by atoms with Crippen LogP contribution in [0.4, 0.5) is 0 Å². The second-order valence-corrected chi connectivity index (χ2v) is 5.57. The first-order valence-electron chi connectivity index (χ1n) is 6.29. The Morgan fingerprint density at radius 1 is 1.19 bits per heavy atom. The number of carbonyl (C=O) groups excluding carboxylic acids is 2. The fraction of sp³-hybridized carbons (Fsp3) is 0.357. The third kappa shape index (κ3) is 6.80. The van der Waals surface area contributed by atoms with Gasteiger partial charge in [0.25, 0.3) is 0 Å². The van der Waals surface area contributed by atoms with Crippen LogP contribution in [0.1, 0.15) is 11.1 Å². The van der Waals surface area contributed by atoms with E-state index in [-0.39, 0.29) is 12.3 Å². The minimum absolute atomic E-state index is 0.106. The Balaban J connectivity index is 2.47. The molecule has 1 aromatic carbocycles. The van der Waals surface area contributed by atoms with Gasteiger partial charge in [-0.2, -0.15) is 0 Å². The van der Waals surface area contributed by atoms with Crippen molar-refractivity contribution >= 4 is 29.5 Å². The van der Waals surface area contributed by atoms with E-state index in [2.05, 4.69) is 0 Å². The average molecular weight is 310 g/mol. The van der Waals surface area contributed by atoms with Crippen molar-refractivity contribution < 1.29 is 19.5 Å². The zero-order valence-corrected chi connectivity index (χ0v) is 12.6. The molecule has 0 atom stereocenters. The van der Waals surface area contributed by atoms with Crippen LogP contribution in [-0.2, 0) is 20.1 Å². The summed E-state index contributed by atoms with van der Waals surface area (Å²) in [5, 5.41) is 8.72. The van der Waals surface area contributed by atoms with E-state index in [1.54, 1.807) is 0 Å². The quantitative estimate of drug-likeness (QED) is 0.733. The highest BCUT2D eigenvalue weighted by atomic mass is 32.2. The van der Waals surface area contributed by atoms with E-state index in [0.717, 1.165) is 16.0 Å². The number of aliphatic carboxylic acids is 1. The molecule has 0 fully saturated rings. The van der Waals surface area contributed by atoms with Gasteiger partial charge in [0.15, 0.2) is 0 Å². The van der Waals surface area contributed by atoms with E-state index in [1.807, 2.05) is 31.2 Å². The lowest BCUT2D eigenvalue weighted by Crippen LogP contribution is -2.42. The summed E-state index contributed by atoms with van der Waals surface area (Å²) in [6.45, 7) is 1.09. The maximum Gasteiger partial charge on any atom is 0.323 e. The minimum Gasteiger partial charge on any atom is -0.480 e. The maximum absolute atomic E-state index is 11.9. The second-order valence-electron chi connectivity index (χ2n) is 4.59. The normalized spacial score (nSPS) is 10.1. The number of benzene rings is 1. The monoisotopic (exact) mass is 310 g/mol. The Hall–Kier alpha value is -2.02. The van der Waals surface area contributed by atoms with Crippen LogP contribution in [0, 0.1) is 6.92 Å². The zero-order valence-electron chi connectivity index (χ0n) is 11.7. The number of thioether (sulfide) groups is 1. The van der Waals surface area contributed by atoms with Gasteiger partial charge in [-0.25, -0.2) is 0 Å². The highest BCUT2D eigenvalue weighted by molar-refractivity contribution is 7.99. The van der Waals surface area contributed by atoms with Crippen molar-refractivity contribution in [3.8, 4) is 0 Å². The molecule has 0 radical (unpaired) electrons. The second kappa shape index (κ2) is 8.31. The van der Waals surface area contributed by atoms with E-state index >= 15 is 0 Å². The van der Waals surface area contributed by atoms with E-state index in [9.17, 15) is 14.4 Å². The summed E-state index contributed by atoms with van der Waals surface area (Å²) in [6, 6.07) is 7.93. The molecule has 3 N–H and O–H groups in total. The number of nitrogens with two attached hydrogens (primary N) is 1. The van der Waals surface area contributed by atoms with Gasteiger partial charge >= 0.3 is 5.97 Å². The molecule has 0 saturated heterocycles. The Bertz CT molecular complexity index is 500. The van der Waals surface area contributed by atoms with Crippen molar-refractivity contribution in [1.82, 2.24) is 4.90 Å². The largest absolute Gasteiger partial charge is 0.480 e. The fourth-order valence-corrected chi connectivity index (χ4v) is 2.50. The molecular weight excluding hydrogens is 292 g/mol. The van der Waals surface area contributed by atoms with Gasteiger partial charge in [-0.3, -0.25) is 14.4 Å². The van der Waals surface area contributed by atoms with Gasteiger partial charge in [-0.05, 0) is 12.5 Å². The molecule has 21 heavy (non-hydrogen) atoms. The van der Waals surface area contributed by atoms with E-state index in [1.165, 1.54) is 11.8 Å². The lowest BCUT2D eigenvalue weighted by Gasteiger charge is -2.18. The molecule has 0 bridgehead atoms. The molecule has 0 aliphatic rings. The highest BCUT2D eigenvalue weighted by Gasteiger charge is 2.18. The predicted octanol–water partition coefficient (Wildman–Crippen LogP) is 0.627. The topological polar surface area (TPSA) is 101 Å². The summed E-state index contributed by atoms with van der Waals surface area (Å²) in [6.07, 6.45) is 0. The number of amides is 2. The number of carbonyl (C=O) groups is 3. The Kier molecular flexibility index (Phi) is 6.74. The van der Waals surface area contributed by atoms with Crippen LogP contribution in [0.25, 0.3) is 0 Å². The molecule has 0 aliphatic heterocycles. The molecule has 114 valence electrons. The summed E-state index contributed by atoms with van der Waals surface area (Å²) in [7, 11) is 0. The van der Waals surface area contributed by atoms with Crippen molar-refractivity contribution in [3.05, 3.63) is 35.4 Å². The molecule has 1 aromatic rings. The number of hydrogen-bond acceptors (Lipinski definition) is 4. The van der Waals surface area contributed by atoms with Gasteiger partial charge in [-0.1, -0.05) is 29.8 Å². The summed E-state index contributed by atoms with van der Waals surface area (Å²) in [5.41, 5.74) is 7.25. The molecule has 2 amide bonds. The molecule has 0 saturated carbocycles. The Labute approximate surface area is 127 Å². The van der Waals surface area contributed by atoms with E-state index in [0.29, 0.717) is 5.75 Å². The lowest BCUT2D eigenvalue weighted by molar-refractivity contribution is -0.144. The number of carboxylic acid groups (broad SMARTS) is 1. The van der Waals surface area contributed by atoms with Crippen molar-refractivity contribution in [3.63, 3.8) is 0 Å². The minimum atomic E-state index is -1.17. The van der Waals surface area contributed by atoms with Crippen LogP contribution in [0.3, 0.4) is 0 Å². The van der Waals surface area contributed by atoms with Gasteiger partial charge in [0.2, 0.25) is 11.8 Å². The van der Waals surface area contributed by atoms with Crippen molar-refractivity contribution in [2.24, 2.45) is 5.73 Å². The number of nitrogens with zero attached hydrogens (tertiary/aromatic N) is 1. The molecule has 1 rings (SSSR count). The van der Waals surface area contributed by atoms with Crippen LogP contribution in [0.2, 0.25) is 0 Å². The lowest BCUT2D eigenvalue weighted by atomic mass is 10.2. The molecule has 0 aromatic heterocycles. The summed E-state index contributed by atoms with van der Waals surface area (Å²) >= 11 is 1.37. The molecule has 0 spiro atoms. The van der Waals surface area contributed by atoms with Gasteiger partial charge in [0.1, 0.15) is 6.54 Å². The van der Waals surface area contributed by atoms with E-state index < -0.39 is 24.3 Å². The maximum atomic E-state index is 11.9. The highest BCUT2D eigenvalue weighted by Crippen LogP contribution is 2.13. The van der Waals surface area contributed by atoms with Crippen molar-refractivity contribution in [2.75, 3.05) is 18.8 Å². The average Bonchev–Trinajstić information content (AvgIpc) is 2.39. The van der Waals surface area contributed by atoms with Crippen LogP contribution in [-0.4, -0.2) is 46.6 Å². The third-order valence-corrected chi connectivity index (χ3v) is 3.63. The Morgan fingerprint density at radius 3 is 2.33 bits per heavy atom.